The Kier molecular flexibility index (Phi) is 2.81. The van der Waals surface area contributed by atoms with Crippen LogP contribution in [0.2, 0.25) is 0 Å². The molecule has 0 saturated heterocycles. The van der Waals surface area contributed by atoms with E-state index in [-0.39, 0.29) is 11.9 Å². The fourth-order valence-corrected chi connectivity index (χ4v) is 2.09. The Morgan fingerprint density at radius 3 is 2.94 bits per heavy atom. The van der Waals surface area contributed by atoms with Crippen molar-refractivity contribution in [2.45, 2.75) is 32.7 Å². The number of hydrogen-bond acceptors (Lipinski definition) is 2. The maximum absolute atomic E-state index is 13.2. The first kappa shape index (κ1) is 10.9. The van der Waals surface area contributed by atoms with Gasteiger partial charge in [0.2, 0.25) is 5.95 Å². The van der Waals surface area contributed by atoms with Crippen LogP contribution in [-0.2, 0) is 0 Å². The average molecular weight is 221 g/mol. The molecule has 86 valence electrons. The van der Waals surface area contributed by atoms with E-state index in [0.717, 1.165) is 23.9 Å². The third kappa shape index (κ3) is 1.75. The second-order valence-electron chi connectivity index (χ2n) is 4.11. The van der Waals surface area contributed by atoms with Crippen molar-refractivity contribution in [1.29, 1.82) is 0 Å². The summed E-state index contributed by atoms with van der Waals surface area (Å²) in [6, 6.07) is 4.81. The molecule has 1 aromatic heterocycles. The number of fused-ring (bicyclic) bond motifs is 1. The van der Waals surface area contributed by atoms with E-state index in [0.29, 0.717) is 5.95 Å². The number of nitrogens with zero attached hydrogens (tertiary/aromatic N) is 2. The third-order valence-corrected chi connectivity index (χ3v) is 2.83. The van der Waals surface area contributed by atoms with Crippen molar-refractivity contribution in [3.63, 3.8) is 0 Å². The molecular weight excluding hydrogens is 205 g/mol. The molecule has 1 atom stereocenters. The van der Waals surface area contributed by atoms with E-state index in [9.17, 15) is 4.39 Å². The van der Waals surface area contributed by atoms with Gasteiger partial charge in [-0.05, 0) is 31.5 Å². The van der Waals surface area contributed by atoms with Gasteiger partial charge in [0.25, 0.3) is 0 Å². The fraction of sp³-hybridized carbons (Fsp3) is 0.417. The van der Waals surface area contributed by atoms with Gasteiger partial charge >= 0.3 is 0 Å². The number of anilines is 1. The van der Waals surface area contributed by atoms with Gasteiger partial charge in [-0.1, -0.05) is 13.3 Å². The smallest absolute Gasteiger partial charge is 0.201 e. The Bertz CT molecular complexity index is 504. The van der Waals surface area contributed by atoms with Crippen LogP contribution in [0.15, 0.2) is 18.2 Å². The van der Waals surface area contributed by atoms with Crippen molar-refractivity contribution >= 4 is 17.0 Å². The minimum atomic E-state index is -0.252. The summed E-state index contributed by atoms with van der Waals surface area (Å²) in [6.07, 6.45) is 2.07. The molecule has 1 unspecified atom stereocenters. The molecule has 2 aromatic rings. The van der Waals surface area contributed by atoms with Crippen LogP contribution in [0.25, 0.3) is 11.0 Å². The minimum Gasteiger partial charge on any atom is -0.369 e. The Labute approximate surface area is 94.1 Å². The molecule has 0 bridgehead atoms. The van der Waals surface area contributed by atoms with E-state index in [1.54, 1.807) is 6.07 Å². The van der Waals surface area contributed by atoms with Crippen molar-refractivity contribution in [2.75, 3.05) is 5.73 Å². The summed E-state index contributed by atoms with van der Waals surface area (Å²) in [4.78, 5) is 4.23. The van der Waals surface area contributed by atoms with Gasteiger partial charge in [0, 0.05) is 6.04 Å². The van der Waals surface area contributed by atoms with Gasteiger partial charge in [-0.25, -0.2) is 9.37 Å². The molecule has 1 aromatic carbocycles. The highest BCUT2D eigenvalue weighted by Gasteiger charge is 2.13. The summed E-state index contributed by atoms with van der Waals surface area (Å²) >= 11 is 0. The number of nitrogens with two attached hydrogens (primary N) is 1. The minimum absolute atomic E-state index is 0.247. The van der Waals surface area contributed by atoms with Gasteiger partial charge < -0.3 is 10.3 Å². The molecule has 1 heterocycles. The van der Waals surface area contributed by atoms with Crippen LogP contribution in [-0.4, -0.2) is 9.55 Å². The number of aromatic nitrogens is 2. The predicted molar refractivity (Wildman–Crippen MR) is 63.7 cm³/mol. The molecule has 0 aliphatic carbocycles. The summed E-state index contributed by atoms with van der Waals surface area (Å²) in [5.41, 5.74) is 7.39. The summed E-state index contributed by atoms with van der Waals surface area (Å²) in [6.45, 7) is 4.19. The first-order valence-corrected chi connectivity index (χ1v) is 5.56. The van der Waals surface area contributed by atoms with Crippen LogP contribution in [0.5, 0.6) is 0 Å². The van der Waals surface area contributed by atoms with Crippen LogP contribution in [0.1, 0.15) is 32.7 Å². The van der Waals surface area contributed by atoms with Crippen molar-refractivity contribution in [2.24, 2.45) is 0 Å². The second kappa shape index (κ2) is 4.12. The fourth-order valence-electron chi connectivity index (χ4n) is 2.09. The third-order valence-electron chi connectivity index (χ3n) is 2.83. The Morgan fingerprint density at radius 2 is 2.25 bits per heavy atom. The standard InChI is InChI=1S/C12H16FN3/c1-3-4-8(2)16-11-7-9(13)5-6-10(11)15-12(16)14/h5-8H,3-4H2,1-2H3,(H2,14,15). The quantitative estimate of drug-likeness (QED) is 0.865. The van der Waals surface area contributed by atoms with Gasteiger partial charge in [-0.3, -0.25) is 0 Å². The first-order chi connectivity index (χ1) is 7.63. The molecule has 0 fully saturated rings. The van der Waals surface area contributed by atoms with Crippen molar-refractivity contribution < 1.29 is 4.39 Å². The highest BCUT2D eigenvalue weighted by atomic mass is 19.1. The van der Waals surface area contributed by atoms with Crippen LogP contribution in [0.3, 0.4) is 0 Å². The molecule has 0 aliphatic heterocycles. The summed E-state index contributed by atoms with van der Waals surface area (Å²) < 4.78 is 15.1. The Morgan fingerprint density at radius 1 is 1.50 bits per heavy atom. The molecular formula is C12H16FN3. The number of halogens is 1. The number of imidazole rings is 1. The Hall–Kier alpha value is -1.58. The summed E-state index contributed by atoms with van der Waals surface area (Å²) in [5, 5.41) is 0. The van der Waals surface area contributed by atoms with Crippen molar-refractivity contribution in [1.82, 2.24) is 9.55 Å². The molecule has 0 saturated carbocycles. The van der Waals surface area contributed by atoms with Crippen LogP contribution >= 0.6 is 0 Å². The highest BCUT2D eigenvalue weighted by molar-refractivity contribution is 5.78. The second-order valence-corrected chi connectivity index (χ2v) is 4.11. The topological polar surface area (TPSA) is 43.8 Å². The first-order valence-electron chi connectivity index (χ1n) is 5.56. The van der Waals surface area contributed by atoms with E-state index in [4.69, 9.17) is 5.73 Å². The molecule has 0 aliphatic rings. The van der Waals surface area contributed by atoms with Crippen LogP contribution in [0, 0.1) is 5.82 Å². The highest BCUT2D eigenvalue weighted by Crippen LogP contribution is 2.25. The van der Waals surface area contributed by atoms with E-state index >= 15 is 0 Å². The Balaban J connectivity index is 2.58. The maximum Gasteiger partial charge on any atom is 0.201 e. The molecule has 0 spiro atoms. The molecule has 16 heavy (non-hydrogen) atoms. The molecule has 0 radical (unpaired) electrons. The lowest BCUT2D eigenvalue weighted by Gasteiger charge is -2.14. The number of nitrogen functional groups attached to an aromatic ring is 1. The maximum atomic E-state index is 13.2. The molecule has 2 rings (SSSR count). The zero-order chi connectivity index (χ0) is 11.7. The monoisotopic (exact) mass is 221 g/mol. The van der Waals surface area contributed by atoms with Crippen molar-refractivity contribution in [3.05, 3.63) is 24.0 Å². The summed E-state index contributed by atoms with van der Waals surface area (Å²) in [7, 11) is 0. The van der Waals surface area contributed by atoms with E-state index in [1.165, 1.54) is 12.1 Å². The summed E-state index contributed by atoms with van der Waals surface area (Å²) in [5.74, 6) is 0.207. The SMILES string of the molecule is CCCC(C)n1c(N)nc2ccc(F)cc21. The largest absolute Gasteiger partial charge is 0.369 e. The molecule has 3 nitrogen and oxygen atoms in total. The molecule has 2 N–H and O–H groups in total. The van der Waals surface area contributed by atoms with Gasteiger partial charge in [0.05, 0.1) is 11.0 Å². The van der Waals surface area contributed by atoms with Crippen molar-refractivity contribution in [3.8, 4) is 0 Å². The van der Waals surface area contributed by atoms with Crippen LogP contribution < -0.4 is 5.73 Å². The number of rotatable bonds is 3. The zero-order valence-corrected chi connectivity index (χ0v) is 9.57. The van der Waals surface area contributed by atoms with E-state index in [2.05, 4.69) is 18.8 Å². The number of benzene rings is 1. The van der Waals surface area contributed by atoms with Gasteiger partial charge in [0.15, 0.2) is 0 Å². The van der Waals surface area contributed by atoms with E-state index < -0.39 is 0 Å². The number of hydrogen-bond donors (Lipinski definition) is 1. The molecule has 0 amide bonds. The van der Waals surface area contributed by atoms with E-state index in [1.807, 2.05) is 4.57 Å². The molecule has 4 heteroatoms. The lowest BCUT2D eigenvalue weighted by atomic mass is 10.2. The lowest BCUT2D eigenvalue weighted by molar-refractivity contribution is 0.517. The predicted octanol–water partition coefficient (Wildman–Crippen LogP) is 3.12. The average Bonchev–Trinajstić information content (AvgIpc) is 2.53. The van der Waals surface area contributed by atoms with Crippen LogP contribution in [0.4, 0.5) is 10.3 Å². The van der Waals surface area contributed by atoms with Gasteiger partial charge in [-0.15, -0.1) is 0 Å². The van der Waals surface area contributed by atoms with Gasteiger partial charge in [-0.2, -0.15) is 0 Å². The van der Waals surface area contributed by atoms with Gasteiger partial charge in [0.1, 0.15) is 5.82 Å². The lowest BCUT2D eigenvalue weighted by Crippen LogP contribution is -2.08. The zero-order valence-electron chi connectivity index (χ0n) is 9.57. The normalized spacial score (nSPS) is 13.2.